The predicted molar refractivity (Wildman–Crippen MR) is 134 cm³/mol. The molecule has 39 heavy (non-hydrogen) atoms. The summed E-state index contributed by atoms with van der Waals surface area (Å²) in [6.07, 6.45) is -8.13. The number of allylic oxidation sites excluding steroid dienone is 1. The van der Waals surface area contributed by atoms with Crippen LogP contribution in [0.15, 0.2) is 36.4 Å². The molecule has 0 saturated carbocycles. The third-order valence-corrected chi connectivity index (χ3v) is 6.48. The van der Waals surface area contributed by atoms with Crippen molar-refractivity contribution in [3.8, 4) is 23.0 Å². The highest BCUT2D eigenvalue weighted by molar-refractivity contribution is 6.11. The molecule has 0 aromatic heterocycles. The summed E-state index contributed by atoms with van der Waals surface area (Å²) in [5.41, 5.74) is -0.399. The Hall–Kier alpha value is -3.68. The van der Waals surface area contributed by atoms with Gasteiger partial charge in [0, 0.05) is 12.5 Å². The van der Waals surface area contributed by atoms with Gasteiger partial charge in [-0.15, -0.1) is 0 Å². The molecule has 6 atom stereocenters. The van der Waals surface area contributed by atoms with E-state index in [2.05, 4.69) is 0 Å². The number of methoxy groups -OCH3 is 1. The number of ketones is 1. The number of ether oxygens (including phenoxy) is 4. The summed E-state index contributed by atoms with van der Waals surface area (Å²) < 4.78 is 22.6. The summed E-state index contributed by atoms with van der Waals surface area (Å²) in [4.78, 5) is 25.1. The molecule has 0 spiro atoms. The van der Waals surface area contributed by atoms with Crippen LogP contribution in [0.1, 0.15) is 47.9 Å². The summed E-state index contributed by atoms with van der Waals surface area (Å²) in [5.74, 6) is -2.45. The van der Waals surface area contributed by atoms with E-state index in [1.807, 2.05) is 0 Å². The van der Waals surface area contributed by atoms with Crippen LogP contribution in [0.4, 0.5) is 0 Å². The Kier molecular flexibility index (Phi) is 7.87. The molecule has 0 aliphatic carbocycles. The Morgan fingerprint density at radius 2 is 1.72 bits per heavy atom. The highest BCUT2D eigenvalue weighted by Crippen LogP contribution is 2.50. The van der Waals surface area contributed by atoms with Gasteiger partial charge < -0.3 is 49.6 Å². The number of fused-ring (bicyclic) bond motifs is 1. The molecule has 1 saturated heterocycles. The van der Waals surface area contributed by atoms with Crippen LogP contribution in [-0.2, 0) is 9.53 Å². The first-order valence-corrected chi connectivity index (χ1v) is 12.1. The number of aromatic hydroxyl groups is 1. The molecule has 1 fully saturated rings. The lowest BCUT2D eigenvalue weighted by Gasteiger charge is -2.40. The second kappa shape index (κ2) is 10.8. The van der Waals surface area contributed by atoms with Crippen molar-refractivity contribution in [3.63, 3.8) is 0 Å². The maximum absolute atomic E-state index is 13.5. The van der Waals surface area contributed by atoms with Crippen molar-refractivity contribution in [3.05, 3.63) is 53.1 Å². The summed E-state index contributed by atoms with van der Waals surface area (Å²) in [5, 5.41) is 60.8. The Morgan fingerprint density at radius 1 is 1.05 bits per heavy atom. The first kappa shape index (κ1) is 28.3. The summed E-state index contributed by atoms with van der Waals surface area (Å²) in [7, 11) is 1.29. The average molecular weight is 547 g/mol. The highest BCUT2D eigenvalue weighted by Gasteiger charge is 2.49. The highest BCUT2D eigenvalue weighted by atomic mass is 16.7. The van der Waals surface area contributed by atoms with Crippen LogP contribution >= 0.6 is 0 Å². The number of aliphatic hydroxyl groups excluding tert-OH is 4. The molecule has 2 aliphatic rings. The molecule has 6 unspecified atom stereocenters. The van der Waals surface area contributed by atoms with Gasteiger partial charge in [-0.05, 0) is 37.6 Å². The smallest absolute Gasteiger partial charge is 0.335 e. The van der Waals surface area contributed by atoms with Gasteiger partial charge in [0.1, 0.15) is 52.5 Å². The second-order valence-electron chi connectivity index (χ2n) is 9.92. The number of carbonyl (C=O) groups is 2. The van der Waals surface area contributed by atoms with Gasteiger partial charge in [0.25, 0.3) is 0 Å². The summed E-state index contributed by atoms with van der Waals surface area (Å²) in [6, 6.07) is 7.43. The number of carboxylic acids is 1. The van der Waals surface area contributed by atoms with Crippen LogP contribution in [0.2, 0.25) is 0 Å². The van der Waals surface area contributed by atoms with E-state index in [0.717, 1.165) is 0 Å². The van der Waals surface area contributed by atoms with Gasteiger partial charge in [-0.2, -0.15) is 0 Å². The van der Waals surface area contributed by atoms with E-state index in [1.54, 1.807) is 26.0 Å². The Morgan fingerprint density at radius 3 is 2.33 bits per heavy atom. The topological polar surface area (TPSA) is 192 Å². The lowest BCUT2D eigenvalue weighted by Crippen LogP contribution is -2.61. The fourth-order valence-corrected chi connectivity index (χ4v) is 4.56. The SMILES string of the molecule is COc1cc2c(c(OC3OC(C(=O)O)C(O)C(O)C3O)c1C(=O)/C=C/c1ccc(O)cc1)C(O)CC(C)(C)O2. The van der Waals surface area contributed by atoms with Crippen molar-refractivity contribution in [1.82, 2.24) is 0 Å². The van der Waals surface area contributed by atoms with E-state index < -0.39 is 54.2 Å². The van der Waals surface area contributed by atoms with E-state index >= 15 is 0 Å². The van der Waals surface area contributed by atoms with Crippen LogP contribution in [0, 0.1) is 0 Å². The molecule has 2 heterocycles. The second-order valence-corrected chi connectivity index (χ2v) is 9.92. The third-order valence-electron chi connectivity index (χ3n) is 6.48. The van der Waals surface area contributed by atoms with Gasteiger partial charge in [0.15, 0.2) is 11.9 Å². The van der Waals surface area contributed by atoms with Crippen molar-refractivity contribution in [2.45, 2.75) is 62.7 Å². The van der Waals surface area contributed by atoms with E-state index in [9.17, 15) is 40.2 Å². The predicted octanol–water partition coefficient (Wildman–Crippen LogP) is 1.16. The van der Waals surface area contributed by atoms with Crippen LogP contribution < -0.4 is 14.2 Å². The number of phenolic OH excluding ortho intramolecular Hbond substituents is 1. The Labute approximate surface area is 223 Å². The number of hydrogen-bond donors (Lipinski definition) is 6. The van der Waals surface area contributed by atoms with Gasteiger partial charge in [0.05, 0.1) is 18.8 Å². The molecule has 12 nitrogen and oxygen atoms in total. The standard InChI is InChI=1S/C27H30O12/c1-27(2)11-15(30)19-17(39-27)10-16(36-3)18(14(29)9-6-12-4-7-13(28)8-5-12)23(19)37-26-22(33)20(31)21(32)24(38-26)25(34)35/h4-10,15,20-22,24,26,28,30-33H,11H2,1-3H3,(H,34,35)/b9-6+. The van der Waals surface area contributed by atoms with E-state index in [4.69, 9.17) is 18.9 Å². The van der Waals surface area contributed by atoms with Crippen molar-refractivity contribution in [1.29, 1.82) is 0 Å². The first-order valence-electron chi connectivity index (χ1n) is 12.1. The number of carboxylic acid groups (broad SMARTS) is 1. The largest absolute Gasteiger partial charge is 0.508 e. The van der Waals surface area contributed by atoms with E-state index in [1.165, 1.54) is 37.5 Å². The fourth-order valence-electron chi connectivity index (χ4n) is 4.56. The van der Waals surface area contributed by atoms with Crippen LogP contribution in [0.25, 0.3) is 6.08 Å². The maximum Gasteiger partial charge on any atom is 0.335 e. The lowest BCUT2D eigenvalue weighted by atomic mass is 9.88. The van der Waals surface area contributed by atoms with Gasteiger partial charge in [-0.25, -0.2) is 4.79 Å². The number of rotatable bonds is 7. The van der Waals surface area contributed by atoms with E-state index in [0.29, 0.717) is 5.56 Å². The molecule has 2 aromatic carbocycles. The molecule has 0 amide bonds. The molecule has 2 aromatic rings. The third kappa shape index (κ3) is 5.70. The molecular weight excluding hydrogens is 516 g/mol. The summed E-state index contributed by atoms with van der Waals surface area (Å²) >= 11 is 0. The summed E-state index contributed by atoms with van der Waals surface area (Å²) in [6.45, 7) is 3.49. The molecule has 0 bridgehead atoms. The number of phenols is 1. The first-order chi connectivity index (χ1) is 18.3. The minimum absolute atomic E-state index is 0.0188. The molecule has 210 valence electrons. The number of benzene rings is 2. The molecule has 0 radical (unpaired) electrons. The fraction of sp³-hybridized carbons (Fsp3) is 0.407. The van der Waals surface area contributed by atoms with Crippen LogP contribution in [0.5, 0.6) is 23.0 Å². The zero-order chi connectivity index (χ0) is 28.6. The van der Waals surface area contributed by atoms with Crippen LogP contribution in [0.3, 0.4) is 0 Å². The minimum atomic E-state index is -1.96. The van der Waals surface area contributed by atoms with Crippen LogP contribution in [-0.4, -0.2) is 85.8 Å². The normalized spacial score (nSPS) is 27.9. The quantitative estimate of drug-likeness (QED) is 0.215. The van der Waals surface area contributed by atoms with Gasteiger partial charge in [-0.1, -0.05) is 18.2 Å². The number of aliphatic hydroxyl groups is 4. The molecule has 4 rings (SSSR count). The van der Waals surface area contributed by atoms with Crippen molar-refractivity contribution in [2.75, 3.05) is 7.11 Å². The molecule has 6 N–H and O–H groups in total. The monoisotopic (exact) mass is 546 g/mol. The molecule has 12 heteroatoms. The number of aliphatic carboxylic acids is 1. The zero-order valence-corrected chi connectivity index (χ0v) is 21.3. The molecule has 2 aliphatic heterocycles. The number of carbonyl (C=O) groups excluding carboxylic acids is 1. The Bertz CT molecular complexity index is 1270. The van der Waals surface area contributed by atoms with Gasteiger partial charge >= 0.3 is 5.97 Å². The van der Waals surface area contributed by atoms with Crippen molar-refractivity contribution in [2.24, 2.45) is 0 Å². The van der Waals surface area contributed by atoms with Crippen molar-refractivity contribution >= 4 is 17.8 Å². The minimum Gasteiger partial charge on any atom is -0.508 e. The van der Waals surface area contributed by atoms with Gasteiger partial charge in [-0.3, -0.25) is 4.79 Å². The zero-order valence-electron chi connectivity index (χ0n) is 21.3. The number of hydrogen-bond acceptors (Lipinski definition) is 11. The average Bonchev–Trinajstić information content (AvgIpc) is 2.86. The Balaban J connectivity index is 1.83. The maximum atomic E-state index is 13.5. The van der Waals surface area contributed by atoms with E-state index in [-0.39, 0.29) is 40.5 Å². The molecular formula is C27H30O12. The van der Waals surface area contributed by atoms with Crippen molar-refractivity contribution < 1.29 is 59.2 Å². The van der Waals surface area contributed by atoms with Gasteiger partial charge in [0.2, 0.25) is 6.29 Å². The lowest BCUT2D eigenvalue weighted by molar-refractivity contribution is -0.271.